The van der Waals surface area contributed by atoms with Crippen LogP contribution in [0.15, 0.2) is 9.98 Å². The molecule has 69 nitrogen and oxygen atoms in total. The van der Waals surface area contributed by atoms with Crippen molar-refractivity contribution in [3.05, 3.63) is 0 Å². The van der Waals surface area contributed by atoms with Crippen LogP contribution in [0.5, 0.6) is 0 Å². The van der Waals surface area contributed by atoms with Gasteiger partial charge >= 0.3 is 132 Å². The molecular formula is C45H75BrClN23NaO46S7+. The second-order valence-corrected chi connectivity index (χ2v) is 35.0. The minimum Gasteiger partial charge on any atom is -0.791 e. The molecule has 12 aliphatic heterocycles. The number of nitrogens with one attached hydrogen (secondary N) is 11. The molecule has 0 saturated carbocycles. The van der Waals surface area contributed by atoms with Crippen LogP contribution in [0.3, 0.4) is 0 Å². The summed E-state index contributed by atoms with van der Waals surface area (Å²) in [5, 5.41) is 81.9. The van der Waals surface area contributed by atoms with Crippen molar-refractivity contribution in [3.63, 3.8) is 0 Å². The molecule has 79 heteroatoms. The van der Waals surface area contributed by atoms with E-state index >= 15 is 0 Å². The first-order valence-corrected chi connectivity index (χ1v) is 43.2. The fraction of sp³-hybridized carbons (Fsp3) is 0.644. The molecule has 12 fully saturated rings. The Balaban J connectivity index is 0. The zero-order chi connectivity index (χ0) is 93.6. The Morgan fingerprint density at radius 1 is 0.516 bits per heavy atom. The summed E-state index contributed by atoms with van der Waals surface area (Å²) in [6, 6.07) is -16.7. The molecule has 0 aromatic rings. The second kappa shape index (κ2) is 46.7. The van der Waals surface area contributed by atoms with E-state index in [1.165, 1.54) is 26.9 Å². The number of aliphatic hydroxyl groups excluding tert-OH is 2. The third kappa shape index (κ3) is 29.2. The molecule has 0 bridgehead atoms. The van der Waals surface area contributed by atoms with Crippen molar-refractivity contribution in [2.24, 2.45) is 54.8 Å². The number of nitrogens with zero attached hydrogens (tertiary/aromatic N) is 5. The zero-order valence-electron chi connectivity index (χ0n) is 63.7. The van der Waals surface area contributed by atoms with Crippen molar-refractivity contribution in [2.45, 2.75) is 156 Å². The van der Waals surface area contributed by atoms with Gasteiger partial charge in [-0.25, -0.2) is 85.0 Å². The number of primary amides is 1. The minimum absolute atomic E-state index is 0. The summed E-state index contributed by atoms with van der Waals surface area (Å²) >= 11 is 1.69. The Kier molecular flexibility index (Phi) is 43.5. The molecule has 12 rings (SSSR count). The number of ether oxygens (including phenoxy) is 8. The quantitative estimate of drug-likeness (QED) is 0.00885. The molecule has 0 aromatic carbocycles. The first kappa shape index (κ1) is 115. The number of rotatable bonds is 18. The molecular weight excluding hydrogens is 1960 g/mol. The maximum Gasteiger partial charge on any atom is 1.00 e. The maximum absolute atomic E-state index is 11.3. The predicted molar refractivity (Wildman–Crippen MR) is 379 cm³/mol. The number of isocyanates is 2. The number of urea groups is 3. The van der Waals surface area contributed by atoms with Crippen molar-refractivity contribution >= 4 is 193 Å². The number of carbonyl (C=O) groups excluding carboxylic acids is 15. The van der Waals surface area contributed by atoms with E-state index in [1.54, 1.807) is 44.3 Å². The number of carbonyl (C=O) groups is 14. The van der Waals surface area contributed by atoms with Crippen LogP contribution in [0.25, 0.3) is 0 Å². The predicted octanol–water partition coefficient (Wildman–Crippen LogP) is -21.4. The summed E-state index contributed by atoms with van der Waals surface area (Å²) in [7, 11) is -24.8. The molecule has 8 amide bonds. The number of hydrogen-bond acceptors (Lipinski definition) is 50. The third-order valence-corrected chi connectivity index (χ3v) is 22.6. The molecule has 23 atom stereocenters. The van der Waals surface area contributed by atoms with Crippen molar-refractivity contribution in [3.8, 4) is 0 Å². The van der Waals surface area contributed by atoms with E-state index in [0.717, 1.165) is 20.7 Å². The SMILES string of the molecule is C[C@@H]1OC(=O)[C@@H](NS(=O)(=O)NO)[C@H]1C(=O)O.C[C@@H]1OC(=O)[C@@H](NS(N)(=O)=O)[C@H]1C(N)=O.C[C@@H]1OC(=O)[C@@H](NS(N)(=O)=O)[C@H]1N=C=O.C[C@@H]1OC(=O)[C@@H]2[C@H]1C(=O)N2S(=O)(=O)Cl.C[C@@H]1OC(=O)[C@@H]2[C@H]1NC(=O)N2S(N)(=O)=O.N.N.NO.O=C1N[C@H]2COC(=O)[C@H]2N1.O=C1O[C@@H](O)[C@@H]2NC(=O)N(S(=O)(=O)NO)[C@H]12.O=C=N[C@H]1[C@H](O)OC(=O)[C@H]1NS(=O)(=O)NO.[H+].[Na+].[O-]Br. The molecule has 124 heavy (non-hydrogen) atoms. The van der Waals surface area contributed by atoms with E-state index in [-0.39, 0.29) is 65.6 Å². The van der Waals surface area contributed by atoms with Crippen LogP contribution in [-0.4, -0.2) is 332 Å². The number of aliphatic carboxylic acids is 1. The van der Waals surface area contributed by atoms with Gasteiger partial charge in [-0.1, -0.05) is 14.7 Å². The van der Waals surface area contributed by atoms with Gasteiger partial charge in [0.1, 0.15) is 91.1 Å². The average Bonchev–Trinajstić information content (AvgIpc) is 1.60. The number of aliphatic imine (C=N–C) groups is 2. The molecule has 0 aromatic heterocycles. The summed E-state index contributed by atoms with van der Waals surface area (Å²) in [5.41, 5.74) is 5.01. The van der Waals surface area contributed by atoms with Gasteiger partial charge in [0.2, 0.25) is 36.6 Å². The van der Waals surface area contributed by atoms with E-state index in [4.69, 9.17) is 76.1 Å². The fourth-order valence-corrected chi connectivity index (χ4v) is 16.9. The largest absolute Gasteiger partial charge is 1.00 e. The van der Waals surface area contributed by atoms with Gasteiger partial charge in [0.05, 0.1) is 12.1 Å². The Labute approximate surface area is 731 Å². The van der Waals surface area contributed by atoms with Crippen LogP contribution in [0.1, 0.15) is 36.0 Å². The molecule has 702 valence electrons. The normalized spacial score (nSPS) is 31.0. The van der Waals surface area contributed by atoms with Crippen molar-refractivity contribution in [1.82, 2.24) is 80.0 Å². The monoisotopic (exact) mass is 2030 g/mol. The van der Waals surface area contributed by atoms with Crippen LogP contribution >= 0.6 is 26.9 Å². The Hall–Kier alpha value is -8.64. The van der Waals surface area contributed by atoms with Crippen molar-refractivity contribution < 1.29 is 245 Å². The van der Waals surface area contributed by atoms with Crippen LogP contribution in [-0.2, 0) is 171 Å². The van der Waals surface area contributed by atoms with E-state index in [0.29, 0.717) is 15.2 Å². The topological polar surface area (TPSA) is 1120 Å². The van der Waals surface area contributed by atoms with Gasteiger partial charge in [-0.05, 0) is 34.6 Å². The Bertz CT molecular complexity index is 4850. The maximum atomic E-state index is 11.3. The second-order valence-electron chi connectivity index (χ2n) is 24.2. The van der Waals surface area contributed by atoms with Crippen LogP contribution in [0.4, 0.5) is 14.4 Å². The smallest absolute Gasteiger partial charge is 0.791 e. The number of nitrogens with two attached hydrogens (primary N) is 5. The van der Waals surface area contributed by atoms with Gasteiger partial charge in [0.25, 0.3) is 40.8 Å². The summed E-state index contributed by atoms with van der Waals surface area (Å²) in [4.78, 5) is 184. The van der Waals surface area contributed by atoms with Gasteiger partial charge in [-0.3, -0.25) is 33.6 Å². The number of halogens is 2. The fourth-order valence-electron chi connectivity index (χ4n) is 11.5. The average molecular weight is 2040 g/mol. The van der Waals surface area contributed by atoms with Crippen LogP contribution < -0.4 is 128 Å². The van der Waals surface area contributed by atoms with Gasteiger partial charge in [-0.15, -0.1) is 0 Å². The number of aliphatic hydroxyl groups is 2. The number of β-lactam (4-membered cyclic amide) rings is 1. The number of fused-ring (bicyclic) bond motifs is 4. The van der Waals surface area contributed by atoms with Gasteiger partial charge in [-0.2, -0.15) is 96.4 Å². The van der Waals surface area contributed by atoms with E-state index in [1.807, 2.05) is 10.0 Å². The molecule has 12 aliphatic rings. The minimum atomic E-state index is -4.54. The summed E-state index contributed by atoms with van der Waals surface area (Å²) in [6.45, 7) is 7.65. The number of amides is 8. The van der Waals surface area contributed by atoms with Crippen molar-refractivity contribution in [1.29, 1.82) is 0 Å². The number of carboxylic acids is 1. The number of hydrogen-bond donors (Lipinski definition) is 25. The van der Waals surface area contributed by atoms with Crippen LogP contribution in [0, 0.1) is 17.8 Å². The first-order chi connectivity index (χ1) is 55.6. The van der Waals surface area contributed by atoms with E-state index < -0.39 is 275 Å². The van der Waals surface area contributed by atoms with Gasteiger partial charge in [0, 0.05) is 10.7 Å². The molecule has 0 radical (unpaired) electrons. The molecule has 12 heterocycles. The van der Waals surface area contributed by atoms with Gasteiger partial charge in [0.15, 0.2) is 30.2 Å². The van der Waals surface area contributed by atoms with Crippen LogP contribution in [0.2, 0.25) is 0 Å². The number of cyclic esters (lactones) is 8. The molecule has 0 unspecified atom stereocenters. The van der Waals surface area contributed by atoms with E-state index in [9.17, 15) is 141 Å². The molecule has 34 N–H and O–H groups in total. The summed E-state index contributed by atoms with van der Waals surface area (Å²) in [5.74, 6) is -9.16. The molecule has 0 aliphatic carbocycles. The van der Waals surface area contributed by atoms with Gasteiger partial charge < -0.3 is 118 Å². The first-order valence-electron chi connectivity index (χ1n) is 31.3. The summed E-state index contributed by atoms with van der Waals surface area (Å²) in [6.07, 6.45) is -4.60. The molecule has 0 spiro atoms. The number of esters is 8. The molecule has 12 saturated heterocycles. The summed E-state index contributed by atoms with van der Waals surface area (Å²) < 4.78 is 205. The zero-order valence-corrected chi connectivity index (χ0v) is 72.7. The standard InChI is InChI=1S/C6H6ClNO5S.2C6H9N3O5S.C6H11N3O5S.C6H10N2O7S.2C5H7N3O7S.C5H6N2O3.BrO.H3NO.2H3N.Na/c1-2-3-4(6(10)13-2)8(5(3)9)14(7,11)12;1-2-3-4(5(10)14-2)9(6(11)8-3)15(7,12)13;1-3-4(8-2-10)5(6(11)14-3)9-15(7,12)13;1-2-3(5(7)10)4(6(11)14-2)9-15(8,12)13;1-2-3(5(9)10)4(6(11)15-2)7-16(13,14)8-12;9-3-1-2(4(10)15-3)8(5(11)6-1)16(13,14)7-12;9-1-6-2-3(5(11)15-4(2)10)7-16(13,14)8-12;8-4-3-2(1-10-4)6-5(9)7-3;2*1-2;;;/h2-4H,1H3;2-4H,1H3,(H,8,11)(H2,7,12,13);3-5,9H,1H3,(H2,7,12,13);2-4,9H,1H3,(H2,7,10)(H2,8,12,13);2-4,7-8,12H,1H3,(H,9,10);1-3,7,9,12H,(H,6,11);2-4,7-8,10,12H;2-3H,1H2,(H2,6,7,9);;2H,1H2;2*1H3;/q;;;;;;;;-1;;;;+1/p+1/t2*2-,3-,4-;3-,4-,5-;2*2-,3-,4-;1-,2+,3-;2-,3+,4-;2-,3-;;;;;/m00000110...../s1. The Morgan fingerprint density at radius 2 is 0.903 bits per heavy atom. The van der Waals surface area contributed by atoms with Crippen molar-refractivity contribution in [2.75, 3.05) is 6.61 Å². The third-order valence-electron chi connectivity index (χ3n) is 16.4. The number of carboxylic acid groups (broad SMARTS) is 1. The Morgan fingerprint density at radius 3 is 1.35 bits per heavy atom. The van der Waals surface area contributed by atoms with E-state index in [2.05, 4.69) is 60.7 Å².